The highest BCUT2D eigenvalue weighted by molar-refractivity contribution is 6.31. The number of hydrazine groups is 2. The summed E-state index contributed by atoms with van der Waals surface area (Å²) in [5, 5.41) is 3.01. The van der Waals surface area contributed by atoms with E-state index in [-0.39, 0.29) is 11.3 Å². The van der Waals surface area contributed by atoms with Crippen LogP contribution in [0.2, 0.25) is 10.0 Å². The van der Waals surface area contributed by atoms with Crippen molar-refractivity contribution in [1.82, 2.24) is 16.0 Å². The summed E-state index contributed by atoms with van der Waals surface area (Å²) in [6.45, 7) is 7.36. The highest BCUT2D eigenvalue weighted by Gasteiger charge is 2.36. The van der Waals surface area contributed by atoms with E-state index in [1.807, 2.05) is 31.2 Å². The lowest BCUT2D eigenvalue weighted by molar-refractivity contribution is -0.134. The first-order chi connectivity index (χ1) is 13.3. The third-order valence-corrected chi connectivity index (χ3v) is 5.71. The number of rotatable bonds is 6. The highest BCUT2D eigenvalue weighted by atomic mass is 35.5. The summed E-state index contributed by atoms with van der Waals surface area (Å²) in [4.78, 5) is 14.5. The fourth-order valence-electron chi connectivity index (χ4n) is 3.77. The van der Waals surface area contributed by atoms with Gasteiger partial charge in [-0.3, -0.25) is 9.80 Å². The Morgan fingerprint density at radius 1 is 1.07 bits per heavy atom. The van der Waals surface area contributed by atoms with Crippen LogP contribution in [-0.2, 0) is 10.2 Å². The lowest BCUT2D eigenvalue weighted by Gasteiger charge is -2.42. The lowest BCUT2D eigenvalue weighted by atomic mass is 9.73. The van der Waals surface area contributed by atoms with Gasteiger partial charge in [-0.2, -0.15) is 5.53 Å². The van der Waals surface area contributed by atoms with E-state index in [0.717, 1.165) is 22.5 Å². The largest absolute Gasteiger partial charge is 0.339 e. The molecule has 3 rings (SSSR count). The maximum Gasteiger partial charge on any atom is 0.237 e. The number of halogens is 2. The van der Waals surface area contributed by atoms with Gasteiger partial charge in [0, 0.05) is 46.8 Å². The molecule has 150 valence electrons. The first-order valence-corrected chi connectivity index (χ1v) is 10.2. The number of benzene rings is 2. The first-order valence-electron chi connectivity index (χ1n) is 9.40. The highest BCUT2D eigenvalue weighted by Crippen LogP contribution is 2.49. The molecule has 28 heavy (non-hydrogen) atoms. The van der Waals surface area contributed by atoms with Crippen LogP contribution in [0, 0.1) is 0 Å². The van der Waals surface area contributed by atoms with Crippen molar-refractivity contribution in [2.75, 3.05) is 25.0 Å². The van der Waals surface area contributed by atoms with Gasteiger partial charge in [0.1, 0.15) is 0 Å². The molecule has 7 heteroatoms. The predicted molar refractivity (Wildman–Crippen MR) is 116 cm³/mol. The van der Waals surface area contributed by atoms with Crippen LogP contribution in [0.1, 0.15) is 38.3 Å². The maximum atomic E-state index is 12.2. The number of hydrogen-bond donors (Lipinski definition) is 2. The summed E-state index contributed by atoms with van der Waals surface area (Å²) in [5.74, 6) is 0.0272. The molecular formula is C21H26Cl2N4O. The first kappa shape index (κ1) is 20.9. The number of carbonyl (C=O) groups is 1. The minimum atomic E-state index is -0.237. The van der Waals surface area contributed by atoms with Crippen LogP contribution >= 0.6 is 23.2 Å². The molecule has 0 aromatic heterocycles. The van der Waals surface area contributed by atoms with Crippen molar-refractivity contribution in [3.8, 4) is 0 Å². The van der Waals surface area contributed by atoms with Crippen molar-refractivity contribution >= 4 is 40.5 Å². The Labute approximate surface area is 176 Å². The van der Waals surface area contributed by atoms with Crippen LogP contribution in [0.15, 0.2) is 36.4 Å². The van der Waals surface area contributed by atoms with Gasteiger partial charge in [0.15, 0.2) is 0 Å². The molecule has 2 N–H and O–H groups in total. The molecular weight excluding hydrogens is 395 g/mol. The van der Waals surface area contributed by atoms with Crippen molar-refractivity contribution in [1.29, 1.82) is 0 Å². The number of nitrogens with zero attached hydrogens (tertiary/aromatic N) is 2. The number of carbonyl (C=O) groups excluding carboxylic acids is 1. The van der Waals surface area contributed by atoms with E-state index >= 15 is 0 Å². The second kappa shape index (κ2) is 8.29. The summed E-state index contributed by atoms with van der Waals surface area (Å²) in [6.07, 6.45) is 0.431. The summed E-state index contributed by atoms with van der Waals surface area (Å²) in [7, 11) is 1.74. The molecule has 0 unspecified atom stereocenters. The normalized spacial score (nSPS) is 14.4. The number of nitrogens with one attached hydrogen (secondary N) is 2. The fraction of sp³-hybridized carbons (Fsp3) is 0.381. The van der Waals surface area contributed by atoms with Crippen molar-refractivity contribution in [2.24, 2.45) is 0 Å². The van der Waals surface area contributed by atoms with Crippen LogP contribution in [0.25, 0.3) is 0 Å². The number of anilines is 2. The molecule has 1 heterocycles. The molecule has 2 aromatic carbocycles. The summed E-state index contributed by atoms with van der Waals surface area (Å²) >= 11 is 12.6. The van der Waals surface area contributed by atoms with Gasteiger partial charge in [-0.1, -0.05) is 44.0 Å². The van der Waals surface area contributed by atoms with Gasteiger partial charge in [0.05, 0.1) is 6.54 Å². The van der Waals surface area contributed by atoms with Crippen LogP contribution in [0.3, 0.4) is 0 Å². The molecule has 0 saturated heterocycles. The van der Waals surface area contributed by atoms with E-state index in [9.17, 15) is 4.79 Å². The van der Waals surface area contributed by atoms with Gasteiger partial charge in [0.2, 0.25) is 5.91 Å². The zero-order chi connectivity index (χ0) is 20.5. The molecule has 0 aliphatic carbocycles. The van der Waals surface area contributed by atoms with Crippen LogP contribution in [-0.4, -0.2) is 31.1 Å². The average Bonchev–Trinajstić information content (AvgIpc) is 2.67. The molecule has 0 radical (unpaired) electrons. The minimum Gasteiger partial charge on any atom is -0.339 e. The zero-order valence-corrected chi connectivity index (χ0v) is 18.2. The van der Waals surface area contributed by atoms with Crippen LogP contribution in [0.4, 0.5) is 11.4 Å². The van der Waals surface area contributed by atoms with Gasteiger partial charge in [-0.15, -0.1) is 0 Å². The molecule has 1 aliphatic rings. The van der Waals surface area contributed by atoms with Gasteiger partial charge in [-0.05, 0) is 47.5 Å². The van der Waals surface area contributed by atoms with E-state index in [1.165, 1.54) is 0 Å². The van der Waals surface area contributed by atoms with E-state index in [1.54, 1.807) is 12.1 Å². The third kappa shape index (κ3) is 3.85. The van der Waals surface area contributed by atoms with E-state index in [0.29, 0.717) is 29.6 Å². The Hall–Kier alpha value is -1.79. The number of hydrogen-bond acceptors (Lipinski definition) is 4. The lowest BCUT2D eigenvalue weighted by Crippen LogP contribution is -2.51. The molecule has 5 nitrogen and oxygen atoms in total. The molecule has 0 bridgehead atoms. The monoisotopic (exact) mass is 420 g/mol. The standard InChI is InChI=1S/C21H26Cl2N4O/c1-5-20(28)27(25-24-4)11-10-26-18-8-6-14(22)12-16(18)21(2,3)17-13-15(23)7-9-19(17)26/h6-9,12-13,24-25H,5,10-11H2,1-4H3. The minimum absolute atomic E-state index is 0.0272. The maximum absolute atomic E-state index is 12.2. The van der Waals surface area contributed by atoms with Crippen LogP contribution < -0.4 is 15.9 Å². The molecule has 0 atom stereocenters. The van der Waals surface area contributed by atoms with Gasteiger partial charge >= 0.3 is 0 Å². The molecule has 0 fully saturated rings. The van der Waals surface area contributed by atoms with Crippen molar-refractivity contribution in [2.45, 2.75) is 32.6 Å². The molecule has 1 aliphatic heterocycles. The molecule has 2 aromatic rings. The summed E-state index contributed by atoms with van der Waals surface area (Å²) < 4.78 is 0. The Kier molecular flexibility index (Phi) is 6.20. The van der Waals surface area contributed by atoms with Crippen molar-refractivity contribution < 1.29 is 4.79 Å². The van der Waals surface area contributed by atoms with Crippen LogP contribution in [0.5, 0.6) is 0 Å². The molecule has 0 spiro atoms. The second-order valence-corrected chi connectivity index (χ2v) is 8.23. The van der Waals surface area contributed by atoms with E-state index in [4.69, 9.17) is 23.2 Å². The Morgan fingerprint density at radius 3 is 2.07 bits per heavy atom. The quantitative estimate of drug-likeness (QED) is 0.667. The Balaban J connectivity index is 2.03. The van der Waals surface area contributed by atoms with E-state index < -0.39 is 0 Å². The average molecular weight is 421 g/mol. The summed E-state index contributed by atoms with van der Waals surface area (Å²) in [5.41, 5.74) is 10.00. The smallest absolute Gasteiger partial charge is 0.237 e. The number of amides is 1. The second-order valence-electron chi connectivity index (χ2n) is 7.36. The van der Waals surface area contributed by atoms with E-state index in [2.05, 4.69) is 41.8 Å². The Bertz CT molecular complexity index is 829. The SMILES string of the molecule is CCC(=O)N(CCN1c2ccc(Cl)cc2C(C)(C)c2cc(Cl)ccc21)NNC. The molecule has 1 amide bonds. The topological polar surface area (TPSA) is 47.6 Å². The van der Waals surface area contributed by atoms with Gasteiger partial charge < -0.3 is 4.90 Å². The molecule has 0 saturated carbocycles. The van der Waals surface area contributed by atoms with Crippen molar-refractivity contribution in [3.63, 3.8) is 0 Å². The van der Waals surface area contributed by atoms with Gasteiger partial charge in [-0.25, -0.2) is 5.43 Å². The number of fused-ring (bicyclic) bond motifs is 2. The third-order valence-electron chi connectivity index (χ3n) is 5.24. The summed E-state index contributed by atoms with van der Waals surface area (Å²) in [6, 6.07) is 12.0. The van der Waals surface area contributed by atoms with Crippen molar-refractivity contribution in [3.05, 3.63) is 57.6 Å². The van der Waals surface area contributed by atoms with Gasteiger partial charge in [0.25, 0.3) is 0 Å². The predicted octanol–water partition coefficient (Wildman–Crippen LogP) is 4.65. The zero-order valence-electron chi connectivity index (χ0n) is 16.6. The Morgan fingerprint density at radius 2 is 1.61 bits per heavy atom. The fourth-order valence-corrected chi connectivity index (χ4v) is 4.12.